The third kappa shape index (κ3) is 4.11. The Hall–Kier alpha value is -1.49. The third-order valence-corrected chi connectivity index (χ3v) is 2.44. The highest BCUT2D eigenvalue weighted by molar-refractivity contribution is 5.75. The molecule has 1 amide bonds. The Labute approximate surface area is 99.2 Å². The van der Waals surface area contributed by atoms with Crippen molar-refractivity contribution in [3.63, 3.8) is 0 Å². The molecule has 0 unspecified atom stereocenters. The van der Waals surface area contributed by atoms with Crippen molar-refractivity contribution in [2.75, 3.05) is 13.6 Å². The molecule has 17 heavy (non-hydrogen) atoms. The number of halogens is 2. The van der Waals surface area contributed by atoms with Crippen molar-refractivity contribution in [1.29, 1.82) is 0 Å². The Kier molecular flexibility index (Phi) is 5.03. The van der Waals surface area contributed by atoms with E-state index in [1.807, 2.05) is 0 Å². The average molecular weight is 242 g/mol. The van der Waals surface area contributed by atoms with Gasteiger partial charge in [0.2, 0.25) is 5.91 Å². The predicted molar refractivity (Wildman–Crippen MR) is 61.1 cm³/mol. The number of hydrogen-bond acceptors (Lipinski definition) is 2. The molecule has 0 radical (unpaired) electrons. The molecule has 0 aliphatic carbocycles. The second-order valence-electron chi connectivity index (χ2n) is 3.88. The monoisotopic (exact) mass is 242 g/mol. The van der Waals surface area contributed by atoms with E-state index in [9.17, 15) is 13.6 Å². The maximum absolute atomic E-state index is 13.3. The molecule has 5 heteroatoms. The molecule has 0 saturated carbocycles. The number of amides is 1. The number of hydrogen-bond donors (Lipinski definition) is 1. The van der Waals surface area contributed by atoms with E-state index in [1.54, 1.807) is 7.05 Å². The molecule has 0 aliphatic heterocycles. The lowest BCUT2D eigenvalue weighted by Gasteiger charge is -2.17. The van der Waals surface area contributed by atoms with Crippen LogP contribution in [0.2, 0.25) is 0 Å². The highest BCUT2D eigenvalue weighted by Crippen LogP contribution is 2.12. The van der Waals surface area contributed by atoms with Crippen LogP contribution in [0.25, 0.3) is 0 Å². The van der Waals surface area contributed by atoms with Gasteiger partial charge in [-0.25, -0.2) is 8.78 Å². The fraction of sp³-hybridized carbons (Fsp3) is 0.417. The van der Waals surface area contributed by atoms with Crippen molar-refractivity contribution in [3.05, 3.63) is 35.4 Å². The molecule has 1 rings (SSSR count). The zero-order valence-electron chi connectivity index (χ0n) is 9.75. The lowest BCUT2D eigenvalue weighted by atomic mass is 10.2. The summed E-state index contributed by atoms with van der Waals surface area (Å²) in [4.78, 5) is 12.9. The van der Waals surface area contributed by atoms with Gasteiger partial charge < -0.3 is 10.6 Å². The van der Waals surface area contributed by atoms with Gasteiger partial charge in [-0.05, 0) is 31.2 Å². The Bertz CT molecular complexity index is 396. The van der Waals surface area contributed by atoms with Crippen molar-refractivity contribution in [1.82, 2.24) is 4.90 Å². The van der Waals surface area contributed by atoms with Gasteiger partial charge in [-0.15, -0.1) is 0 Å². The fourth-order valence-corrected chi connectivity index (χ4v) is 1.45. The summed E-state index contributed by atoms with van der Waals surface area (Å²) in [5.74, 6) is -1.15. The van der Waals surface area contributed by atoms with Gasteiger partial charge in [0.15, 0.2) is 0 Å². The van der Waals surface area contributed by atoms with Crippen molar-refractivity contribution in [3.8, 4) is 0 Å². The molecule has 0 aromatic heterocycles. The van der Waals surface area contributed by atoms with Gasteiger partial charge in [0.05, 0.1) is 0 Å². The maximum atomic E-state index is 13.3. The quantitative estimate of drug-likeness (QED) is 0.853. The minimum atomic E-state index is -0.510. The summed E-state index contributed by atoms with van der Waals surface area (Å²) in [6.07, 6.45) is 0.915. The zero-order chi connectivity index (χ0) is 12.8. The molecule has 0 atom stereocenters. The van der Waals surface area contributed by atoms with Crippen LogP contribution in [0.15, 0.2) is 18.2 Å². The summed E-state index contributed by atoms with van der Waals surface area (Å²) in [5.41, 5.74) is 5.47. The largest absolute Gasteiger partial charge is 0.341 e. The zero-order valence-corrected chi connectivity index (χ0v) is 9.75. The van der Waals surface area contributed by atoms with Crippen molar-refractivity contribution in [2.45, 2.75) is 19.4 Å². The first-order chi connectivity index (χ1) is 8.04. The summed E-state index contributed by atoms with van der Waals surface area (Å²) in [5, 5.41) is 0. The van der Waals surface area contributed by atoms with Crippen LogP contribution in [0.1, 0.15) is 18.4 Å². The molecule has 0 fully saturated rings. The minimum Gasteiger partial charge on any atom is -0.341 e. The molecule has 1 aromatic rings. The highest BCUT2D eigenvalue weighted by atomic mass is 19.1. The first-order valence-electron chi connectivity index (χ1n) is 5.42. The van der Waals surface area contributed by atoms with Crippen LogP contribution in [0.4, 0.5) is 8.78 Å². The van der Waals surface area contributed by atoms with E-state index in [1.165, 1.54) is 4.90 Å². The number of carbonyl (C=O) groups is 1. The number of nitrogens with two attached hydrogens (primary N) is 1. The normalized spacial score (nSPS) is 10.4. The van der Waals surface area contributed by atoms with Crippen LogP contribution in [0, 0.1) is 11.6 Å². The van der Waals surface area contributed by atoms with Crippen LogP contribution >= 0.6 is 0 Å². The Morgan fingerprint density at radius 2 is 2.12 bits per heavy atom. The van der Waals surface area contributed by atoms with Gasteiger partial charge in [-0.1, -0.05) is 0 Å². The topological polar surface area (TPSA) is 46.3 Å². The summed E-state index contributed by atoms with van der Waals surface area (Å²) < 4.78 is 26.2. The van der Waals surface area contributed by atoms with Crippen LogP contribution in [0.5, 0.6) is 0 Å². The molecular weight excluding hydrogens is 226 g/mol. The van der Waals surface area contributed by atoms with Crippen LogP contribution in [-0.2, 0) is 11.3 Å². The van der Waals surface area contributed by atoms with Gasteiger partial charge in [-0.2, -0.15) is 0 Å². The second kappa shape index (κ2) is 6.30. The molecule has 0 aliphatic rings. The smallest absolute Gasteiger partial charge is 0.222 e. The Balaban J connectivity index is 2.64. The number of rotatable bonds is 5. The lowest BCUT2D eigenvalue weighted by molar-refractivity contribution is -0.130. The standard InChI is InChI=1S/C12H16F2N2O/c1-16(12(17)3-2-6-15)8-9-7-10(13)4-5-11(9)14/h4-5,7H,2-3,6,8,15H2,1H3. The van der Waals surface area contributed by atoms with E-state index in [4.69, 9.17) is 5.73 Å². The molecule has 2 N–H and O–H groups in total. The summed E-state index contributed by atoms with van der Waals surface area (Å²) in [6, 6.07) is 3.21. The predicted octanol–water partition coefficient (Wildman–Crippen LogP) is 1.66. The highest BCUT2D eigenvalue weighted by Gasteiger charge is 2.11. The second-order valence-corrected chi connectivity index (χ2v) is 3.88. The van der Waals surface area contributed by atoms with Gasteiger partial charge >= 0.3 is 0 Å². The molecule has 0 saturated heterocycles. The third-order valence-electron chi connectivity index (χ3n) is 2.44. The molecule has 0 heterocycles. The number of benzene rings is 1. The first-order valence-corrected chi connectivity index (χ1v) is 5.42. The molecule has 0 bridgehead atoms. The summed E-state index contributed by atoms with van der Waals surface area (Å²) >= 11 is 0. The fourth-order valence-electron chi connectivity index (χ4n) is 1.45. The molecule has 1 aromatic carbocycles. The number of carbonyl (C=O) groups excluding carboxylic acids is 1. The Morgan fingerprint density at radius 1 is 1.41 bits per heavy atom. The van der Waals surface area contributed by atoms with Crippen molar-refractivity contribution < 1.29 is 13.6 Å². The summed E-state index contributed by atoms with van der Waals surface area (Å²) in [6.45, 7) is 0.501. The van der Waals surface area contributed by atoms with Gasteiger partial charge in [0.25, 0.3) is 0 Å². The molecular formula is C12H16F2N2O. The lowest BCUT2D eigenvalue weighted by Crippen LogP contribution is -2.27. The van der Waals surface area contributed by atoms with E-state index in [0.29, 0.717) is 19.4 Å². The van der Waals surface area contributed by atoms with E-state index in [-0.39, 0.29) is 18.0 Å². The first kappa shape index (κ1) is 13.6. The van der Waals surface area contributed by atoms with E-state index in [0.717, 1.165) is 18.2 Å². The molecule has 3 nitrogen and oxygen atoms in total. The maximum Gasteiger partial charge on any atom is 0.222 e. The SMILES string of the molecule is CN(Cc1cc(F)ccc1F)C(=O)CCCN. The number of nitrogens with zero attached hydrogens (tertiary/aromatic N) is 1. The van der Waals surface area contributed by atoms with Crippen LogP contribution in [-0.4, -0.2) is 24.4 Å². The van der Waals surface area contributed by atoms with E-state index in [2.05, 4.69) is 0 Å². The summed E-state index contributed by atoms with van der Waals surface area (Å²) in [7, 11) is 1.56. The van der Waals surface area contributed by atoms with Crippen molar-refractivity contribution in [2.24, 2.45) is 5.73 Å². The van der Waals surface area contributed by atoms with Crippen LogP contribution < -0.4 is 5.73 Å². The van der Waals surface area contributed by atoms with Gasteiger partial charge in [0.1, 0.15) is 11.6 Å². The Morgan fingerprint density at radius 3 is 2.76 bits per heavy atom. The van der Waals surface area contributed by atoms with E-state index < -0.39 is 11.6 Å². The minimum absolute atomic E-state index is 0.0625. The average Bonchev–Trinajstić information content (AvgIpc) is 2.30. The van der Waals surface area contributed by atoms with E-state index >= 15 is 0 Å². The van der Waals surface area contributed by atoms with Crippen LogP contribution in [0.3, 0.4) is 0 Å². The van der Waals surface area contributed by atoms with Gasteiger partial charge in [0, 0.05) is 25.6 Å². The van der Waals surface area contributed by atoms with Gasteiger partial charge in [-0.3, -0.25) is 4.79 Å². The molecule has 94 valence electrons. The van der Waals surface area contributed by atoms with Crippen molar-refractivity contribution >= 4 is 5.91 Å². The molecule has 0 spiro atoms.